The Kier molecular flexibility index (Phi) is 3.48. The summed E-state index contributed by atoms with van der Waals surface area (Å²) in [5, 5.41) is 0.432. The van der Waals surface area contributed by atoms with Crippen LogP contribution in [0.1, 0.15) is 49.4 Å². The largest absolute Gasteiger partial charge is 0.333 e. The fourth-order valence-corrected chi connectivity index (χ4v) is 3.82. The summed E-state index contributed by atoms with van der Waals surface area (Å²) in [7, 11) is 0. The predicted molar refractivity (Wildman–Crippen MR) is 75.2 cm³/mol. The van der Waals surface area contributed by atoms with Crippen LogP contribution in [0.4, 0.5) is 0 Å². The molecule has 0 aromatic carbocycles. The second-order valence-corrected chi connectivity index (χ2v) is 6.17. The van der Waals surface area contributed by atoms with Gasteiger partial charge < -0.3 is 4.90 Å². The molecular weight excluding hydrogens is 260 g/mol. The zero-order valence-corrected chi connectivity index (χ0v) is 11.9. The van der Waals surface area contributed by atoms with E-state index in [2.05, 4.69) is 16.8 Å². The van der Waals surface area contributed by atoms with Gasteiger partial charge in [0.2, 0.25) is 0 Å². The van der Waals surface area contributed by atoms with Crippen molar-refractivity contribution in [3.05, 3.63) is 29.0 Å². The van der Waals surface area contributed by atoms with E-state index in [1.165, 1.54) is 19.3 Å². The highest BCUT2D eigenvalue weighted by Crippen LogP contribution is 2.40. The zero-order valence-electron chi connectivity index (χ0n) is 11.2. The normalized spacial score (nSPS) is 30.2. The van der Waals surface area contributed by atoms with Crippen molar-refractivity contribution in [3.8, 4) is 0 Å². The fraction of sp³-hybridized carbons (Fsp3) is 0.600. The first-order chi connectivity index (χ1) is 9.16. The van der Waals surface area contributed by atoms with Crippen molar-refractivity contribution in [1.29, 1.82) is 0 Å². The summed E-state index contributed by atoms with van der Waals surface area (Å²) in [5.74, 6) is 0.819. The average molecular weight is 279 g/mol. The zero-order chi connectivity index (χ0) is 13.4. The Morgan fingerprint density at radius 3 is 2.89 bits per heavy atom. The van der Waals surface area contributed by atoms with E-state index in [1.807, 2.05) is 0 Å². The number of rotatable bonds is 1. The molecule has 1 amide bonds. The number of amides is 1. The Balaban J connectivity index is 1.84. The third-order valence-electron chi connectivity index (χ3n) is 4.55. The van der Waals surface area contributed by atoms with Gasteiger partial charge in [-0.15, -0.1) is 0 Å². The molecule has 2 aliphatic rings. The van der Waals surface area contributed by atoms with Crippen molar-refractivity contribution in [2.75, 3.05) is 0 Å². The lowest BCUT2D eigenvalue weighted by Gasteiger charge is -2.33. The summed E-state index contributed by atoms with van der Waals surface area (Å²) in [6.45, 7) is 2.17. The van der Waals surface area contributed by atoms with Crippen LogP contribution in [0.2, 0.25) is 5.15 Å². The number of hydrogen-bond acceptors (Lipinski definition) is 2. The first kappa shape index (κ1) is 12.9. The van der Waals surface area contributed by atoms with Crippen LogP contribution in [0.5, 0.6) is 0 Å². The third kappa shape index (κ3) is 2.36. The molecule has 0 unspecified atom stereocenters. The lowest BCUT2D eigenvalue weighted by Crippen LogP contribution is -2.42. The Labute approximate surface area is 119 Å². The maximum atomic E-state index is 12.7. The van der Waals surface area contributed by atoms with Gasteiger partial charge in [0.1, 0.15) is 5.15 Å². The van der Waals surface area contributed by atoms with Crippen molar-refractivity contribution in [2.45, 2.75) is 51.1 Å². The molecule has 1 aliphatic heterocycles. The number of fused-ring (bicyclic) bond motifs is 1. The minimum Gasteiger partial charge on any atom is -0.333 e. The molecule has 3 rings (SSSR count). The summed E-state index contributed by atoms with van der Waals surface area (Å²) < 4.78 is 0. The van der Waals surface area contributed by atoms with E-state index in [9.17, 15) is 4.79 Å². The van der Waals surface area contributed by atoms with E-state index in [-0.39, 0.29) is 5.91 Å². The molecule has 19 heavy (non-hydrogen) atoms. The van der Waals surface area contributed by atoms with Crippen LogP contribution >= 0.6 is 11.6 Å². The first-order valence-corrected chi connectivity index (χ1v) is 7.49. The molecule has 102 valence electrons. The standard InChI is InChI=1S/C15H19ClN2O/c1-10-8-11-4-2-3-5-13(11)18(10)15(19)12-6-7-14(16)17-9-12/h6-7,9-11,13H,2-5,8H2,1H3/t10-,11+,13-/m1/s1. The van der Waals surface area contributed by atoms with Crippen molar-refractivity contribution in [2.24, 2.45) is 5.92 Å². The molecular formula is C15H19ClN2O. The Bertz CT molecular complexity index is 474. The fourth-order valence-electron chi connectivity index (χ4n) is 3.71. The molecule has 0 N–H and O–H groups in total. The molecule has 1 saturated heterocycles. The van der Waals surface area contributed by atoms with E-state index in [1.54, 1.807) is 18.3 Å². The van der Waals surface area contributed by atoms with Gasteiger partial charge in [0, 0.05) is 18.3 Å². The summed E-state index contributed by atoms with van der Waals surface area (Å²) in [5.41, 5.74) is 0.655. The van der Waals surface area contributed by atoms with E-state index in [0.29, 0.717) is 28.7 Å². The lowest BCUT2D eigenvalue weighted by molar-refractivity contribution is 0.0633. The number of pyridine rings is 1. The van der Waals surface area contributed by atoms with Crippen molar-refractivity contribution >= 4 is 17.5 Å². The molecule has 2 fully saturated rings. The third-order valence-corrected chi connectivity index (χ3v) is 4.78. The van der Waals surface area contributed by atoms with Gasteiger partial charge in [-0.25, -0.2) is 4.98 Å². The van der Waals surface area contributed by atoms with E-state index < -0.39 is 0 Å². The maximum absolute atomic E-state index is 12.7. The highest BCUT2D eigenvalue weighted by atomic mass is 35.5. The number of carbonyl (C=O) groups is 1. The number of nitrogens with zero attached hydrogens (tertiary/aromatic N) is 2. The summed E-state index contributed by atoms with van der Waals surface area (Å²) in [6.07, 6.45) is 7.74. The minimum absolute atomic E-state index is 0.117. The lowest BCUT2D eigenvalue weighted by atomic mass is 9.85. The molecule has 3 nitrogen and oxygen atoms in total. The molecule has 1 aliphatic carbocycles. The summed E-state index contributed by atoms with van der Waals surface area (Å²) >= 11 is 5.78. The van der Waals surface area contributed by atoms with Crippen LogP contribution in [0.15, 0.2) is 18.3 Å². The van der Waals surface area contributed by atoms with Crippen LogP contribution in [-0.2, 0) is 0 Å². The van der Waals surface area contributed by atoms with Crippen LogP contribution < -0.4 is 0 Å². The van der Waals surface area contributed by atoms with Crippen LogP contribution in [0, 0.1) is 5.92 Å². The van der Waals surface area contributed by atoms with Crippen molar-refractivity contribution in [3.63, 3.8) is 0 Å². The highest BCUT2D eigenvalue weighted by molar-refractivity contribution is 6.29. The molecule has 1 saturated carbocycles. The Morgan fingerprint density at radius 1 is 1.37 bits per heavy atom. The Morgan fingerprint density at radius 2 is 2.16 bits per heavy atom. The topological polar surface area (TPSA) is 33.2 Å². The van der Waals surface area contributed by atoms with E-state index in [4.69, 9.17) is 11.6 Å². The molecule has 1 aromatic rings. The van der Waals surface area contributed by atoms with Gasteiger partial charge in [0.25, 0.3) is 5.91 Å². The van der Waals surface area contributed by atoms with Gasteiger partial charge in [-0.1, -0.05) is 24.4 Å². The molecule has 0 radical (unpaired) electrons. The molecule has 0 bridgehead atoms. The van der Waals surface area contributed by atoms with Gasteiger partial charge >= 0.3 is 0 Å². The quantitative estimate of drug-likeness (QED) is 0.736. The average Bonchev–Trinajstić information content (AvgIpc) is 2.74. The summed E-state index contributed by atoms with van der Waals surface area (Å²) in [4.78, 5) is 18.8. The van der Waals surface area contributed by atoms with Gasteiger partial charge in [0.15, 0.2) is 0 Å². The number of hydrogen-bond donors (Lipinski definition) is 0. The van der Waals surface area contributed by atoms with Crippen LogP contribution in [-0.4, -0.2) is 27.9 Å². The minimum atomic E-state index is 0.117. The smallest absolute Gasteiger partial charge is 0.255 e. The number of likely N-dealkylation sites (tertiary alicyclic amines) is 1. The molecule has 0 spiro atoms. The van der Waals surface area contributed by atoms with Gasteiger partial charge in [-0.2, -0.15) is 0 Å². The maximum Gasteiger partial charge on any atom is 0.255 e. The molecule has 2 heterocycles. The predicted octanol–water partition coefficient (Wildman–Crippen LogP) is 3.53. The van der Waals surface area contributed by atoms with Gasteiger partial charge in [-0.05, 0) is 44.2 Å². The molecule has 4 heteroatoms. The second-order valence-electron chi connectivity index (χ2n) is 5.78. The number of halogens is 1. The van der Waals surface area contributed by atoms with Crippen molar-refractivity contribution in [1.82, 2.24) is 9.88 Å². The monoisotopic (exact) mass is 278 g/mol. The van der Waals surface area contributed by atoms with Crippen LogP contribution in [0.25, 0.3) is 0 Å². The molecule has 3 atom stereocenters. The molecule has 1 aromatic heterocycles. The first-order valence-electron chi connectivity index (χ1n) is 7.11. The van der Waals surface area contributed by atoms with E-state index in [0.717, 1.165) is 12.8 Å². The Hall–Kier alpha value is -1.09. The van der Waals surface area contributed by atoms with Crippen LogP contribution in [0.3, 0.4) is 0 Å². The number of carbonyl (C=O) groups excluding carboxylic acids is 1. The van der Waals surface area contributed by atoms with Gasteiger partial charge in [0.05, 0.1) is 5.56 Å². The SMILES string of the molecule is C[C@@H]1C[C@@H]2CCCC[C@H]2N1C(=O)c1ccc(Cl)nc1. The summed E-state index contributed by atoms with van der Waals surface area (Å²) in [6, 6.07) is 4.25. The number of aromatic nitrogens is 1. The van der Waals surface area contributed by atoms with Crippen molar-refractivity contribution < 1.29 is 4.79 Å². The highest BCUT2D eigenvalue weighted by Gasteiger charge is 2.42. The second kappa shape index (κ2) is 5.12. The van der Waals surface area contributed by atoms with E-state index >= 15 is 0 Å². The van der Waals surface area contributed by atoms with Gasteiger partial charge in [-0.3, -0.25) is 4.79 Å².